The average Bonchev–Trinajstić information content (AvgIpc) is 2.84. The van der Waals surface area contributed by atoms with E-state index >= 15 is 0 Å². The zero-order valence-electron chi connectivity index (χ0n) is 11.4. The monoisotopic (exact) mass is 368 g/mol. The lowest BCUT2D eigenvalue weighted by molar-refractivity contribution is -0.286. The van der Waals surface area contributed by atoms with Crippen LogP contribution < -0.4 is 5.56 Å². The molecule has 128 valence electrons. The van der Waals surface area contributed by atoms with E-state index in [1.807, 2.05) is 0 Å². The molecule has 0 unspecified atom stereocenters. The van der Waals surface area contributed by atoms with Gasteiger partial charge in [0.2, 0.25) is 10.5 Å². The molecule has 3 rings (SSSR count). The predicted octanol–water partition coefficient (Wildman–Crippen LogP) is 3.04. The topological polar surface area (TPSA) is 55.1 Å². The maximum atomic E-state index is 14.0. The summed E-state index contributed by atoms with van der Waals surface area (Å²) in [4.78, 5) is 12.3. The minimum atomic E-state index is -5.87. The first kappa shape index (κ1) is 16.5. The van der Waals surface area contributed by atoms with Crippen molar-refractivity contribution in [2.75, 3.05) is 0 Å². The second-order valence-electron chi connectivity index (χ2n) is 4.89. The van der Waals surface area contributed by atoms with Gasteiger partial charge in [0, 0.05) is 0 Å². The first-order valence-electron chi connectivity index (χ1n) is 6.27. The Hall–Kier alpha value is -2.37. The molecule has 0 bridgehead atoms. The van der Waals surface area contributed by atoms with Crippen molar-refractivity contribution >= 4 is 28.9 Å². The fourth-order valence-corrected chi connectivity index (χ4v) is 2.47. The van der Waals surface area contributed by atoms with Crippen molar-refractivity contribution in [1.29, 1.82) is 0 Å². The SMILES string of the molecule is O=c1c2cccc(F)c2n2c(=S)[nH]nc2n1CC(F)(F)C(F)(F)F. The number of aromatic amines is 1. The van der Waals surface area contributed by atoms with Gasteiger partial charge in [-0.2, -0.15) is 22.0 Å². The fourth-order valence-electron chi connectivity index (χ4n) is 2.25. The number of nitrogens with one attached hydrogen (secondary N) is 1. The molecule has 1 aromatic carbocycles. The van der Waals surface area contributed by atoms with Crippen LogP contribution in [0.25, 0.3) is 16.7 Å². The van der Waals surface area contributed by atoms with Crippen LogP contribution >= 0.6 is 12.2 Å². The van der Waals surface area contributed by atoms with E-state index in [0.29, 0.717) is 0 Å². The van der Waals surface area contributed by atoms with E-state index in [2.05, 4.69) is 10.2 Å². The van der Waals surface area contributed by atoms with Crippen molar-refractivity contribution in [2.24, 2.45) is 0 Å². The molecule has 12 heteroatoms. The van der Waals surface area contributed by atoms with Crippen LogP contribution in [0.5, 0.6) is 0 Å². The number of rotatable bonds is 2. The first-order chi connectivity index (χ1) is 11.0. The van der Waals surface area contributed by atoms with Crippen LogP contribution in [0.1, 0.15) is 0 Å². The molecule has 2 heterocycles. The Labute approximate surface area is 133 Å². The summed E-state index contributed by atoms with van der Waals surface area (Å²) in [5, 5.41) is 5.22. The van der Waals surface area contributed by atoms with Gasteiger partial charge < -0.3 is 0 Å². The van der Waals surface area contributed by atoms with Crippen molar-refractivity contribution in [3.8, 4) is 0 Å². The van der Waals surface area contributed by atoms with Crippen LogP contribution in [0.4, 0.5) is 26.3 Å². The number of fused-ring (bicyclic) bond motifs is 3. The zero-order valence-corrected chi connectivity index (χ0v) is 12.2. The molecule has 0 atom stereocenters. The van der Waals surface area contributed by atoms with Gasteiger partial charge in [-0.1, -0.05) is 6.07 Å². The molecule has 0 saturated heterocycles. The molecule has 5 nitrogen and oxygen atoms in total. The molecule has 0 saturated carbocycles. The smallest absolute Gasteiger partial charge is 0.270 e. The van der Waals surface area contributed by atoms with Crippen LogP contribution in [0.15, 0.2) is 23.0 Å². The summed E-state index contributed by atoms with van der Waals surface area (Å²) in [6, 6.07) is 3.21. The Balaban J connectivity index is 2.43. The molecule has 0 amide bonds. The standard InChI is InChI=1S/C12H6F6N4OS/c13-6-3-1-2-5-7(6)22-9(19-20-10(22)24)21(8(5)23)4-11(14,15)12(16,17)18/h1-3H,4H2,(H,20,24). The highest BCUT2D eigenvalue weighted by molar-refractivity contribution is 7.71. The van der Waals surface area contributed by atoms with E-state index in [1.54, 1.807) is 0 Å². The summed E-state index contributed by atoms with van der Waals surface area (Å²) >= 11 is 4.84. The molecule has 0 aliphatic rings. The number of H-pyrrole nitrogens is 1. The number of hydrogen-bond donors (Lipinski definition) is 1. The van der Waals surface area contributed by atoms with E-state index in [1.165, 1.54) is 0 Å². The van der Waals surface area contributed by atoms with E-state index in [-0.39, 0.29) is 14.9 Å². The number of benzene rings is 1. The minimum absolute atomic E-state index is 0.113. The molecular weight excluding hydrogens is 362 g/mol. The van der Waals surface area contributed by atoms with Crippen LogP contribution in [-0.4, -0.2) is 31.3 Å². The third-order valence-corrected chi connectivity index (χ3v) is 3.63. The van der Waals surface area contributed by atoms with E-state index < -0.39 is 41.2 Å². The van der Waals surface area contributed by atoms with Crippen molar-refractivity contribution in [3.63, 3.8) is 0 Å². The Morgan fingerprint density at radius 3 is 2.50 bits per heavy atom. The van der Waals surface area contributed by atoms with E-state index in [0.717, 1.165) is 22.6 Å². The number of aromatic nitrogens is 4. The number of hydrogen-bond acceptors (Lipinski definition) is 3. The highest BCUT2D eigenvalue weighted by Gasteiger charge is 2.58. The lowest BCUT2D eigenvalue weighted by Crippen LogP contribution is -2.43. The Bertz CT molecular complexity index is 1060. The maximum Gasteiger partial charge on any atom is 0.455 e. The Morgan fingerprint density at radius 1 is 1.21 bits per heavy atom. The van der Waals surface area contributed by atoms with Gasteiger partial charge in [0.25, 0.3) is 5.56 Å². The van der Waals surface area contributed by atoms with Gasteiger partial charge in [-0.05, 0) is 24.4 Å². The van der Waals surface area contributed by atoms with Gasteiger partial charge in [0.05, 0.1) is 10.9 Å². The lowest BCUT2D eigenvalue weighted by atomic mass is 10.2. The number of halogens is 6. The van der Waals surface area contributed by atoms with Crippen LogP contribution in [0.2, 0.25) is 0 Å². The molecule has 3 aromatic rings. The second-order valence-corrected chi connectivity index (χ2v) is 5.28. The van der Waals surface area contributed by atoms with Crippen LogP contribution in [0.3, 0.4) is 0 Å². The molecule has 0 fully saturated rings. The van der Waals surface area contributed by atoms with Crippen LogP contribution in [0, 0.1) is 10.6 Å². The van der Waals surface area contributed by atoms with Crippen molar-refractivity contribution in [2.45, 2.75) is 18.6 Å². The predicted molar refractivity (Wildman–Crippen MR) is 73.1 cm³/mol. The molecule has 0 aliphatic carbocycles. The van der Waals surface area contributed by atoms with E-state index in [4.69, 9.17) is 12.2 Å². The van der Waals surface area contributed by atoms with Crippen molar-refractivity contribution < 1.29 is 26.3 Å². The lowest BCUT2D eigenvalue weighted by Gasteiger charge is -2.21. The normalized spacial score (nSPS) is 13.1. The van der Waals surface area contributed by atoms with Gasteiger partial charge in [0.15, 0.2) is 0 Å². The summed E-state index contributed by atoms with van der Waals surface area (Å²) < 4.78 is 78.8. The zero-order chi connectivity index (χ0) is 17.9. The van der Waals surface area contributed by atoms with Crippen LogP contribution in [-0.2, 0) is 6.54 Å². The van der Waals surface area contributed by atoms with Gasteiger partial charge in [0.1, 0.15) is 12.4 Å². The molecule has 0 aliphatic heterocycles. The highest BCUT2D eigenvalue weighted by atomic mass is 32.1. The third kappa shape index (κ3) is 2.28. The van der Waals surface area contributed by atoms with Crippen molar-refractivity contribution in [3.05, 3.63) is 39.1 Å². The summed E-state index contributed by atoms with van der Waals surface area (Å²) in [6.07, 6.45) is -5.87. The van der Waals surface area contributed by atoms with Gasteiger partial charge in [-0.25, -0.2) is 9.49 Å². The minimum Gasteiger partial charge on any atom is -0.270 e. The highest BCUT2D eigenvalue weighted by Crippen LogP contribution is 2.36. The van der Waals surface area contributed by atoms with E-state index in [9.17, 15) is 31.1 Å². The third-order valence-electron chi connectivity index (χ3n) is 3.35. The number of nitrogens with zero attached hydrogens (tertiary/aromatic N) is 3. The number of alkyl halides is 5. The summed E-state index contributed by atoms with van der Waals surface area (Å²) in [5.41, 5.74) is -1.60. The molecule has 0 radical (unpaired) electrons. The Kier molecular flexibility index (Phi) is 3.48. The second kappa shape index (κ2) is 5.06. The average molecular weight is 368 g/mol. The fraction of sp³-hybridized carbons (Fsp3) is 0.250. The van der Waals surface area contributed by atoms with Gasteiger partial charge in [-0.3, -0.25) is 13.8 Å². The largest absolute Gasteiger partial charge is 0.455 e. The maximum absolute atomic E-state index is 14.0. The first-order valence-corrected chi connectivity index (χ1v) is 6.68. The quantitative estimate of drug-likeness (QED) is 0.559. The molecule has 0 spiro atoms. The van der Waals surface area contributed by atoms with Gasteiger partial charge in [-0.15, -0.1) is 5.10 Å². The van der Waals surface area contributed by atoms with Crippen molar-refractivity contribution in [1.82, 2.24) is 19.2 Å². The van der Waals surface area contributed by atoms with Gasteiger partial charge >= 0.3 is 12.1 Å². The molecule has 1 N–H and O–H groups in total. The molecule has 2 aromatic heterocycles. The molecule has 24 heavy (non-hydrogen) atoms. The molecular formula is C12H6F6N4OS. The Morgan fingerprint density at radius 2 is 1.88 bits per heavy atom. The number of para-hydroxylation sites is 1. The summed E-state index contributed by atoms with van der Waals surface area (Å²) in [7, 11) is 0. The summed E-state index contributed by atoms with van der Waals surface area (Å²) in [5.74, 6) is -6.74. The summed E-state index contributed by atoms with van der Waals surface area (Å²) in [6.45, 7) is -2.01.